The van der Waals surface area contributed by atoms with Gasteiger partial charge in [0, 0.05) is 38.5 Å². The van der Waals surface area contributed by atoms with Crippen LogP contribution in [0.15, 0.2) is 24.3 Å². The van der Waals surface area contributed by atoms with Gasteiger partial charge in [-0.25, -0.2) is 0 Å². The molecule has 108 valence electrons. The number of fused-ring (bicyclic) bond motifs is 1. The molecule has 0 saturated carbocycles. The number of hydrogen-bond donors (Lipinski definition) is 1. The van der Waals surface area contributed by atoms with E-state index in [1.165, 1.54) is 0 Å². The third-order valence-corrected chi connectivity index (χ3v) is 4.47. The van der Waals surface area contributed by atoms with Crippen LogP contribution in [0.4, 0.5) is 5.69 Å². The predicted octanol–water partition coefficient (Wildman–Crippen LogP) is 2.22. The lowest BCUT2D eigenvalue weighted by Gasteiger charge is -2.35. The highest BCUT2D eigenvalue weighted by atomic mass is 16.5. The van der Waals surface area contributed by atoms with Gasteiger partial charge in [-0.15, -0.1) is 0 Å². The SMILES string of the molecule is CN(C(=O)C1CCNc2ccccc21)C1CCOCC1. The number of rotatable bonds is 2. The van der Waals surface area contributed by atoms with Crippen LogP contribution in [0, 0.1) is 0 Å². The summed E-state index contributed by atoms with van der Waals surface area (Å²) in [4.78, 5) is 14.8. The molecule has 1 N–H and O–H groups in total. The molecule has 1 aromatic carbocycles. The molecule has 0 aliphatic carbocycles. The molecule has 1 unspecified atom stereocenters. The maximum absolute atomic E-state index is 12.8. The highest BCUT2D eigenvalue weighted by molar-refractivity contribution is 5.86. The standard InChI is InChI=1S/C16H22N2O2/c1-18(12-7-10-20-11-8-12)16(19)14-6-9-17-15-5-3-2-4-13(14)15/h2-5,12,14,17H,6-11H2,1H3. The number of nitrogens with one attached hydrogen (secondary N) is 1. The van der Waals surface area contributed by atoms with Crippen LogP contribution < -0.4 is 5.32 Å². The van der Waals surface area contributed by atoms with Crippen molar-refractivity contribution in [3.8, 4) is 0 Å². The lowest BCUT2D eigenvalue weighted by atomic mass is 9.89. The van der Waals surface area contributed by atoms with Gasteiger partial charge in [-0.05, 0) is 30.9 Å². The molecule has 0 radical (unpaired) electrons. The van der Waals surface area contributed by atoms with Crippen molar-refractivity contribution in [2.24, 2.45) is 0 Å². The summed E-state index contributed by atoms with van der Waals surface area (Å²) >= 11 is 0. The van der Waals surface area contributed by atoms with Gasteiger partial charge in [0.15, 0.2) is 0 Å². The van der Waals surface area contributed by atoms with Crippen LogP contribution in [0.3, 0.4) is 0 Å². The second-order valence-corrected chi connectivity index (χ2v) is 5.65. The molecule has 0 aromatic heterocycles. The van der Waals surface area contributed by atoms with Gasteiger partial charge in [0.05, 0.1) is 5.92 Å². The van der Waals surface area contributed by atoms with Crippen LogP contribution in [-0.2, 0) is 9.53 Å². The number of carbonyl (C=O) groups is 1. The van der Waals surface area contributed by atoms with Gasteiger partial charge in [-0.3, -0.25) is 4.79 Å². The third kappa shape index (κ3) is 2.52. The van der Waals surface area contributed by atoms with E-state index in [0.29, 0.717) is 6.04 Å². The van der Waals surface area contributed by atoms with E-state index in [9.17, 15) is 4.79 Å². The largest absolute Gasteiger partial charge is 0.385 e. The lowest BCUT2D eigenvalue weighted by molar-refractivity contribution is -0.135. The van der Waals surface area contributed by atoms with Gasteiger partial charge in [0.25, 0.3) is 0 Å². The second kappa shape index (κ2) is 5.83. The first-order valence-corrected chi connectivity index (χ1v) is 7.44. The van der Waals surface area contributed by atoms with E-state index < -0.39 is 0 Å². The summed E-state index contributed by atoms with van der Waals surface area (Å²) in [6.07, 6.45) is 2.78. The van der Waals surface area contributed by atoms with Crippen LogP contribution in [-0.4, -0.2) is 43.7 Å². The Morgan fingerprint density at radius 1 is 1.25 bits per heavy atom. The zero-order valence-corrected chi connectivity index (χ0v) is 12.0. The molecule has 0 spiro atoms. The number of likely N-dealkylation sites (N-methyl/N-ethyl adjacent to an activating group) is 1. The van der Waals surface area contributed by atoms with Crippen LogP contribution in [0.1, 0.15) is 30.7 Å². The number of ether oxygens (including phenoxy) is 1. The molecule has 4 heteroatoms. The highest BCUT2D eigenvalue weighted by Crippen LogP contribution is 2.33. The molecule has 1 saturated heterocycles. The van der Waals surface area contributed by atoms with Gasteiger partial charge in [-0.1, -0.05) is 18.2 Å². The molecule has 1 amide bonds. The first-order chi connectivity index (χ1) is 9.77. The lowest BCUT2D eigenvalue weighted by Crippen LogP contribution is -2.43. The summed E-state index contributed by atoms with van der Waals surface area (Å²) in [7, 11) is 1.95. The van der Waals surface area contributed by atoms with Gasteiger partial charge >= 0.3 is 0 Å². The Labute approximate surface area is 120 Å². The Hall–Kier alpha value is -1.55. The topological polar surface area (TPSA) is 41.6 Å². The number of nitrogens with zero attached hydrogens (tertiary/aromatic N) is 1. The summed E-state index contributed by atoms with van der Waals surface area (Å²) in [5.41, 5.74) is 2.25. The number of anilines is 1. The molecule has 1 atom stereocenters. The Kier molecular flexibility index (Phi) is 3.92. The van der Waals surface area contributed by atoms with Gasteiger partial charge < -0.3 is 15.0 Å². The van der Waals surface area contributed by atoms with Crippen molar-refractivity contribution < 1.29 is 9.53 Å². The molecular weight excluding hydrogens is 252 g/mol. The first-order valence-electron chi connectivity index (χ1n) is 7.44. The second-order valence-electron chi connectivity index (χ2n) is 5.65. The molecule has 2 aliphatic heterocycles. The van der Waals surface area contributed by atoms with E-state index in [2.05, 4.69) is 17.4 Å². The monoisotopic (exact) mass is 274 g/mol. The Bertz CT molecular complexity index is 483. The number of amides is 1. The van der Waals surface area contributed by atoms with Crippen molar-refractivity contribution in [2.45, 2.75) is 31.2 Å². The molecule has 4 nitrogen and oxygen atoms in total. The highest BCUT2D eigenvalue weighted by Gasteiger charge is 2.31. The molecule has 2 aliphatic rings. The average molecular weight is 274 g/mol. The fourth-order valence-electron chi connectivity index (χ4n) is 3.22. The molecule has 3 rings (SSSR count). The van der Waals surface area contributed by atoms with Crippen molar-refractivity contribution in [2.75, 3.05) is 32.1 Å². The Balaban J connectivity index is 1.77. The fourth-order valence-corrected chi connectivity index (χ4v) is 3.22. The van der Waals surface area contributed by atoms with Crippen LogP contribution in [0.2, 0.25) is 0 Å². The normalized spacial score (nSPS) is 22.8. The van der Waals surface area contributed by atoms with Crippen LogP contribution >= 0.6 is 0 Å². The minimum atomic E-state index is 0.000273. The van der Waals surface area contributed by atoms with E-state index in [1.807, 2.05) is 24.1 Å². The van der Waals surface area contributed by atoms with Crippen molar-refractivity contribution in [3.05, 3.63) is 29.8 Å². The Morgan fingerprint density at radius 2 is 2.00 bits per heavy atom. The molecule has 1 aromatic rings. The minimum absolute atomic E-state index is 0.000273. The predicted molar refractivity (Wildman–Crippen MR) is 78.9 cm³/mol. The van der Waals surface area contributed by atoms with E-state index >= 15 is 0 Å². The summed E-state index contributed by atoms with van der Waals surface area (Å²) in [5, 5.41) is 3.38. The van der Waals surface area contributed by atoms with Crippen molar-refractivity contribution in [1.29, 1.82) is 0 Å². The molecular formula is C16H22N2O2. The van der Waals surface area contributed by atoms with E-state index in [-0.39, 0.29) is 11.8 Å². The quantitative estimate of drug-likeness (QED) is 0.899. The molecule has 20 heavy (non-hydrogen) atoms. The number of carbonyl (C=O) groups excluding carboxylic acids is 1. The maximum atomic E-state index is 12.8. The van der Waals surface area contributed by atoms with E-state index in [0.717, 1.165) is 50.3 Å². The number of hydrogen-bond acceptors (Lipinski definition) is 3. The van der Waals surface area contributed by atoms with Gasteiger partial charge in [0.2, 0.25) is 5.91 Å². The smallest absolute Gasteiger partial charge is 0.230 e. The summed E-state index contributed by atoms with van der Waals surface area (Å²) in [6.45, 7) is 2.41. The van der Waals surface area contributed by atoms with E-state index in [4.69, 9.17) is 4.74 Å². The number of para-hydroxylation sites is 1. The Morgan fingerprint density at radius 3 is 2.80 bits per heavy atom. The average Bonchev–Trinajstić information content (AvgIpc) is 2.54. The van der Waals surface area contributed by atoms with Crippen LogP contribution in [0.25, 0.3) is 0 Å². The zero-order valence-electron chi connectivity index (χ0n) is 12.0. The molecule has 2 heterocycles. The van der Waals surface area contributed by atoms with Gasteiger partial charge in [0.1, 0.15) is 0 Å². The van der Waals surface area contributed by atoms with Crippen LogP contribution in [0.5, 0.6) is 0 Å². The molecule has 0 bridgehead atoms. The zero-order chi connectivity index (χ0) is 13.9. The summed E-state index contributed by atoms with van der Waals surface area (Å²) in [6, 6.07) is 8.49. The van der Waals surface area contributed by atoms with Crippen molar-refractivity contribution in [1.82, 2.24) is 4.90 Å². The van der Waals surface area contributed by atoms with E-state index in [1.54, 1.807) is 0 Å². The minimum Gasteiger partial charge on any atom is -0.385 e. The van der Waals surface area contributed by atoms with Crippen molar-refractivity contribution >= 4 is 11.6 Å². The first kappa shape index (κ1) is 13.4. The number of benzene rings is 1. The van der Waals surface area contributed by atoms with Crippen molar-refractivity contribution in [3.63, 3.8) is 0 Å². The fraction of sp³-hybridized carbons (Fsp3) is 0.562. The third-order valence-electron chi connectivity index (χ3n) is 4.47. The summed E-state index contributed by atoms with van der Waals surface area (Å²) in [5.74, 6) is 0.256. The van der Waals surface area contributed by atoms with Gasteiger partial charge in [-0.2, -0.15) is 0 Å². The summed E-state index contributed by atoms with van der Waals surface area (Å²) < 4.78 is 5.38. The molecule has 1 fully saturated rings. The maximum Gasteiger partial charge on any atom is 0.230 e.